The normalized spacial score (nSPS) is 14.3. The van der Waals surface area contributed by atoms with Crippen molar-refractivity contribution in [3.05, 3.63) is 35.6 Å². The van der Waals surface area contributed by atoms with E-state index in [0.717, 1.165) is 0 Å². The summed E-state index contributed by atoms with van der Waals surface area (Å²) in [5.74, 6) is -1.09. The summed E-state index contributed by atoms with van der Waals surface area (Å²) in [4.78, 5) is 14.0. The number of carbonyl (C=O) groups is 1. The van der Waals surface area contributed by atoms with Gasteiger partial charge in [0, 0.05) is 12.6 Å². The molecule has 1 aromatic rings. The molecule has 0 aliphatic carbocycles. The predicted molar refractivity (Wildman–Crippen MR) is 73.3 cm³/mol. The second-order valence-electron chi connectivity index (χ2n) is 5.18. The van der Waals surface area contributed by atoms with Crippen LogP contribution < -0.4 is 0 Å². The zero-order valence-electron chi connectivity index (χ0n) is 11.9. The van der Waals surface area contributed by atoms with Gasteiger partial charge in [-0.1, -0.05) is 18.2 Å². The van der Waals surface area contributed by atoms with Crippen molar-refractivity contribution >= 4 is 5.91 Å². The highest BCUT2D eigenvalue weighted by molar-refractivity contribution is 5.83. The highest BCUT2D eigenvalue weighted by atomic mass is 19.1. The third-order valence-corrected chi connectivity index (χ3v) is 3.11. The Kier molecular flexibility index (Phi) is 5.48. The van der Waals surface area contributed by atoms with Crippen LogP contribution in [0.5, 0.6) is 0 Å². The number of aliphatic hydroxyl groups excluding tert-OH is 1. The van der Waals surface area contributed by atoms with Crippen LogP contribution >= 0.6 is 0 Å². The molecule has 0 bridgehead atoms. The van der Waals surface area contributed by atoms with Crippen LogP contribution in [0.4, 0.5) is 4.39 Å². The Morgan fingerprint density at radius 1 is 1.26 bits per heavy atom. The molecule has 4 heteroatoms. The molecule has 0 saturated carbocycles. The molecule has 2 unspecified atom stereocenters. The van der Waals surface area contributed by atoms with Crippen LogP contribution in [0.1, 0.15) is 39.2 Å². The molecule has 2 atom stereocenters. The fraction of sp³-hybridized carbons (Fsp3) is 0.533. The minimum absolute atomic E-state index is 0.0312. The van der Waals surface area contributed by atoms with Crippen molar-refractivity contribution < 1.29 is 14.3 Å². The summed E-state index contributed by atoms with van der Waals surface area (Å²) in [5.41, 5.74) is 0.392. The van der Waals surface area contributed by atoms with Gasteiger partial charge in [0.25, 0.3) is 0 Å². The van der Waals surface area contributed by atoms with Crippen molar-refractivity contribution in [2.75, 3.05) is 6.54 Å². The van der Waals surface area contributed by atoms with Gasteiger partial charge in [0.2, 0.25) is 5.91 Å². The van der Waals surface area contributed by atoms with Crippen LogP contribution in [0.15, 0.2) is 24.3 Å². The Morgan fingerprint density at radius 2 is 1.84 bits per heavy atom. The van der Waals surface area contributed by atoms with Gasteiger partial charge in [-0.25, -0.2) is 4.39 Å². The Morgan fingerprint density at radius 3 is 2.32 bits per heavy atom. The first-order valence-corrected chi connectivity index (χ1v) is 6.57. The van der Waals surface area contributed by atoms with E-state index in [1.165, 1.54) is 6.07 Å². The molecular weight excluding hydrogens is 245 g/mol. The smallest absolute Gasteiger partial charge is 0.230 e. The molecule has 1 amide bonds. The fourth-order valence-electron chi connectivity index (χ4n) is 2.05. The Hall–Kier alpha value is -1.42. The summed E-state index contributed by atoms with van der Waals surface area (Å²) in [6, 6.07) is 6.27. The summed E-state index contributed by atoms with van der Waals surface area (Å²) < 4.78 is 13.7. The molecule has 0 saturated heterocycles. The molecule has 3 nitrogen and oxygen atoms in total. The molecule has 0 aromatic heterocycles. The monoisotopic (exact) mass is 267 g/mol. The zero-order chi connectivity index (χ0) is 14.6. The number of hydrogen-bond donors (Lipinski definition) is 1. The Balaban J connectivity index is 2.94. The average Bonchev–Trinajstić information content (AvgIpc) is 2.34. The number of amides is 1. The van der Waals surface area contributed by atoms with Crippen molar-refractivity contribution in [2.24, 2.45) is 0 Å². The number of halogens is 1. The van der Waals surface area contributed by atoms with Gasteiger partial charge in [0.1, 0.15) is 5.82 Å². The molecule has 0 spiro atoms. The van der Waals surface area contributed by atoms with E-state index < -0.39 is 12.0 Å². The van der Waals surface area contributed by atoms with Gasteiger partial charge in [0.15, 0.2) is 0 Å². The van der Waals surface area contributed by atoms with E-state index in [9.17, 15) is 14.3 Å². The molecule has 1 N–H and O–H groups in total. The number of rotatable bonds is 5. The summed E-state index contributed by atoms with van der Waals surface area (Å²) >= 11 is 0. The van der Waals surface area contributed by atoms with Crippen molar-refractivity contribution in [2.45, 2.75) is 45.8 Å². The molecule has 0 aliphatic heterocycles. The fourth-order valence-corrected chi connectivity index (χ4v) is 2.05. The number of carbonyl (C=O) groups excluding carboxylic acids is 1. The lowest BCUT2D eigenvalue weighted by Gasteiger charge is -2.30. The van der Waals surface area contributed by atoms with Crippen molar-refractivity contribution in [1.82, 2.24) is 4.90 Å². The molecule has 0 fully saturated rings. The van der Waals surface area contributed by atoms with E-state index >= 15 is 0 Å². The third kappa shape index (κ3) is 4.03. The topological polar surface area (TPSA) is 40.5 Å². The van der Waals surface area contributed by atoms with Gasteiger partial charge in [-0.2, -0.15) is 0 Å². The largest absolute Gasteiger partial charge is 0.392 e. The second kappa shape index (κ2) is 6.66. The van der Waals surface area contributed by atoms with E-state index in [-0.39, 0.29) is 24.3 Å². The van der Waals surface area contributed by atoms with Crippen LogP contribution in [0.3, 0.4) is 0 Å². The lowest BCUT2D eigenvalue weighted by Crippen LogP contribution is -2.43. The predicted octanol–water partition coefficient (Wildman–Crippen LogP) is 2.55. The third-order valence-electron chi connectivity index (χ3n) is 3.11. The highest BCUT2D eigenvalue weighted by Gasteiger charge is 2.26. The van der Waals surface area contributed by atoms with Crippen LogP contribution in [-0.2, 0) is 4.79 Å². The molecule has 19 heavy (non-hydrogen) atoms. The number of hydrogen-bond acceptors (Lipinski definition) is 2. The maximum Gasteiger partial charge on any atom is 0.230 e. The molecular formula is C15H22FNO2. The van der Waals surface area contributed by atoms with Gasteiger partial charge in [0.05, 0.1) is 12.0 Å². The molecule has 0 radical (unpaired) electrons. The standard InChI is InChI=1S/C15H22FNO2/c1-10(2)17(9-11(3)18)15(19)12(4)13-7-5-6-8-14(13)16/h5-8,10-12,18H,9H2,1-4H3. The van der Waals surface area contributed by atoms with Crippen LogP contribution in [0, 0.1) is 5.82 Å². The minimum Gasteiger partial charge on any atom is -0.392 e. The molecule has 1 aromatic carbocycles. The summed E-state index contributed by atoms with van der Waals surface area (Å²) in [7, 11) is 0. The second-order valence-corrected chi connectivity index (χ2v) is 5.18. The van der Waals surface area contributed by atoms with Gasteiger partial charge in [-0.05, 0) is 39.3 Å². The Bertz CT molecular complexity index is 432. The SMILES string of the molecule is CC(O)CN(C(=O)C(C)c1ccccc1F)C(C)C. The van der Waals surface area contributed by atoms with Crippen LogP contribution in [-0.4, -0.2) is 34.6 Å². The molecule has 0 heterocycles. The maximum atomic E-state index is 13.7. The van der Waals surface area contributed by atoms with Crippen LogP contribution in [0.25, 0.3) is 0 Å². The highest BCUT2D eigenvalue weighted by Crippen LogP contribution is 2.22. The van der Waals surface area contributed by atoms with Crippen molar-refractivity contribution in [3.8, 4) is 0 Å². The molecule has 1 rings (SSSR count). The summed E-state index contributed by atoms with van der Waals surface area (Å²) in [6.07, 6.45) is -0.598. The van der Waals surface area contributed by atoms with Gasteiger partial charge >= 0.3 is 0 Å². The van der Waals surface area contributed by atoms with E-state index in [0.29, 0.717) is 5.56 Å². The molecule has 106 valence electrons. The first kappa shape index (κ1) is 15.6. The van der Waals surface area contributed by atoms with Crippen molar-refractivity contribution in [3.63, 3.8) is 0 Å². The average molecular weight is 267 g/mol. The first-order valence-electron chi connectivity index (χ1n) is 6.57. The molecule has 0 aliphatic rings. The van der Waals surface area contributed by atoms with Gasteiger partial charge in [-0.15, -0.1) is 0 Å². The minimum atomic E-state index is -0.598. The van der Waals surface area contributed by atoms with E-state index in [2.05, 4.69) is 0 Å². The maximum absolute atomic E-state index is 13.7. The Labute approximate surface area is 114 Å². The van der Waals surface area contributed by atoms with E-state index in [1.807, 2.05) is 13.8 Å². The zero-order valence-corrected chi connectivity index (χ0v) is 11.9. The quantitative estimate of drug-likeness (QED) is 0.890. The lowest BCUT2D eigenvalue weighted by molar-refractivity contribution is -0.135. The first-order chi connectivity index (χ1) is 8.84. The summed E-state index contributed by atoms with van der Waals surface area (Å²) in [5, 5.41) is 9.46. The van der Waals surface area contributed by atoms with Crippen LogP contribution in [0.2, 0.25) is 0 Å². The number of nitrogens with zero attached hydrogens (tertiary/aromatic N) is 1. The van der Waals surface area contributed by atoms with E-state index in [1.54, 1.807) is 36.9 Å². The summed E-state index contributed by atoms with van der Waals surface area (Å²) in [6.45, 7) is 7.35. The van der Waals surface area contributed by atoms with Gasteiger partial charge < -0.3 is 10.0 Å². The van der Waals surface area contributed by atoms with Gasteiger partial charge in [-0.3, -0.25) is 4.79 Å². The number of aliphatic hydroxyl groups is 1. The van der Waals surface area contributed by atoms with Crippen molar-refractivity contribution in [1.29, 1.82) is 0 Å². The number of benzene rings is 1. The van der Waals surface area contributed by atoms with E-state index in [4.69, 9.17) is 0 Å². The lowest BCUT2D eigenvalue weighted by atomic mass is 9.98.